The van der Waals surface area contributed by atoms with E-state index in [2.05, 4.69) is 15.9 Å². The van der Waals surface area contributed by atoms with E-state index in [1.807, 2.05) is 0 Å². The summed E-state index contributed by atoms with van der Waals surface area (Å²) in [5.41, 5.74) is -0.539. The summed E-state index contributed by atoms with van der Waals surface area (Å²) >= 11 is 4.10. The molecule has 13 heteroatoms. The van der Waals surface area contributed by atoms with E-state index in [1.54, 1.807) is 6.07 Å². The van der Waals surface area contributed by atoms with Gasteiger partial charge in [-0.05, 0) is 57.5 Å². The van der Waals surface area contributed by atoms with Gasteiger partial charge < -0.3 is 9.47 Å². The molecule has 1 heterocycles. The Kier molecular flexibility index (Phi) is 6.27. The summed E-state index contributed by atoms with van der Waals surface area (Å²) < 4.78 is 11.3. The van der Waals surface area contributed by atoms with Gasteiger partial charge in [0.2, 0.25) is 5.75 Å². The second-order valence-electron chi connectivity index (χ2n) is 6.04. The van der Waals surface area contributed by atoms with Gasteiger partial charge in [-0.15, -0.1) is 0 Å². The van der Waals surface area contributed by atoms with Crippen molar-refractivity contribution in [3.05, 3.63) is 65.5 Å². The molecule has 3 rings (SSSR count). The van der Waals surface area contributed by atoms with Crippen LogP contribution in [-0.2, 0) is 4.79 Å². The van der Waals surface area contributed by atoms with Gasteiger partial charge in [0.25, 0.3) is 16.8 Å². The molecule has 2 amide bonds. The number of nitro benzene ring substituents is 2. The number of hydrogen-bond acceptors (Lipinski definition) is 9. The van der Waals surface area contributed by atoms with Crippen LogP contribution in [0.3, 0.4) is 0 Å². The second kappa shape index (κ2) is 8.73. The summed E-state index contributed by atoms with van der Waals surface area (Å²) in [6.45, 7) is 0. The largest absolute Gasteiger partial charge is 0.493 e. The van der Waals surface area contributed by atoms with Gasteiger partial charge in [0, 0.05) is 13.1 Å². The van der Waals surface area contributed by atoms with Crippen LogP contribution in [0.15, 0.2) is 39.7 Å². The normalized spacial score (nSPS) is 14.8. The van der Waals surface area contributed by atoms with Crippen molar-refractivity contribution in [3.63, 3.8) is 0 Å². The molecule has 1 fully saturated rings. The highest BCUT2D eigenvalue weighted by atomic mass is 79.9. The van der Waals surface area contributed by atoms with Crippen LogP contribution in [0, 0.1) is 20.2 Å². The first-order valence-corrected chi connectivity index (χ1v) is 9.93. The molecular formula is C18H12BrN3O8S. The number of carbonyl (C=O) groups excluding carboxylic acids is 2. The molecule has 0 aliphatic carbocycles. The number of amides is 2. The summed E-state index contributed by atoms with van der Waals surface area (Å²) in [4.78, 5) is 45.7. The average molecular weight is 510 g/mol. The van der Waals surface area contributed by atoms with E-state index in [-0.39, 0.29) is 22.2 Å². The number of nitro groups is 2. The zero-order chi connectivity index (χ0) is 22.9. The third-order valence-corrected chi connectivity index (χ3v) is 5.65. The molecule has 0 saturated carbocycles. The number of thioether (sulfide) groups is 1. The molecule has 1 aliphatic rings. The molecule has 0 atom stereocenters. The minimum atomic E-state index is -0.794. The maximum atomic E-state index is 12.1. The van der Waals surface area contributed by atoms with E-state index >= 15 is 0 Å². The van der Waals surface area contributed by atoms with Crippen LogP contribution < -0.4 is 9.47 Å². The number of benzene rings is 2. The number of non-ortho nitro benzene ring substituents is 1. The first-order chi connectivity index (χ1) is 14.6. The molecule has 1 aliphatic heterocycles. The van der Waals surface area contributed by atoms with Gasteiger partial charge in [0.15, 0.2) is 11.5 Å². The zero-order valence-corrected chi connectivity index (χ0v) is 18.3. The number of carbonyl (C=O) groups is 2. The van der Waals surface area contributed by atoms with Crippen LogP contribution >= 0.6 is 27.7 Å². The van der Waals surface area contributed by atoms with E-state index in [4.69, 9.17) is 9.47 Å². The standard InChI is InChI=1S/C18H12BrN3O8S/c1-20-17(23)15(31-18(20)24)7-9-5-11(19)16(14(6-9)29-2)30-13-4-3-10(21(25)26)8-12(13)22(27)28/h3-8H,1-2H3/b15-7-. The summed E-state index contributed by atoms with van der Waals surface area (Å²) in [5, 5.41) is 21.9. The Morgan fingerprint density at radius 1 is 1.10 bits per heavy atom. The number of methoxy groups -OCH3 is 1. The van der Waals surface area contributed by atoms with Gasteiger partial charge in [-0.2, -0.15) is 0 Å². The van der Waals surface area contributed by atoms with Crippen molar-refractivity contribution in [2.75, 3.05) is 14.2 Å². The van der Waals surface area contributed by atoms with Crippen molar-refractivity contribution >= 4 is 56.3 Å². The Morgan fingerprint density at radius 2 is 1.81 bits per heavy atom. The van der Waals surface area contributed by atoms with Crippen LogP contribution in [0.1, 0.15) is 5.56 Å². The van der Waals surface area contributed by atoms with Gasteiger partial charge >= 0.3 is 5.69 Å². The van der Waals surface area contributed by atoms with Crippen LogP contribution in [0.4, 0.5) is 16.2 Å². The first-order valence-electron chi connectivity index (χ1n) is 8.32. The molecule has 0 aromatic heterocycles. The predicted molar refractivity (Wildman–Crippen MR) is 114 cm³/mol. The SMILES string of the molecule is COc1cc(/C=C2\SC(=O)N(C)C2=O)cc(Br)c1Oc1ccc([N+](=O)[O-])cc1[N+](=O)[O-]. The summed E-state index contributed by atoms with van der Waals surface area (Å²) in [6.07, 6.45) is 1.50. The summed E-state index contributed by atoms with van der Waals surface area (Å²) in [6, 6.07) is 6.08. The fourth-order valence-corrected chi connectivity index (χ4v) is 3.95. The van der Waals surface area contributed by atoms with Gasteiger partial charge in [0.1, 0.15) is 0 Å². The number of likely N-dealkylation sites (N-methyl/N-ethyl adjacent to an activating group) is 1. The lowest BCUT2D eigenvalue weighted by Gasteiger charge is -2.13. The lowest BCUT2D eigenvalue weighted by molar-refractivity contribution is -0.394. The van der Waals surface area contributed by atoms with Crippen molar-refractivity contribution in [1.29, 1.82) is 0 Å². The number of nitrogens with zero attached hydrogens (tertiary/aromatic N) is 3. The van der Waals surface area contributed by atoms with Crippen molar-refractivity contribution in [2.24, 2.45) is 0 Å². The van der Waals surface area contributed by atoms with Crippen LogP contribution in [0.25, 0.3) is 6.08 Å². The van der Waals surface area contributed by atoms with Crippen molar-refractivity contribution < 1.29 is 28.9 Å². The Morgan fingerprint density at radius 3 is 2.35 bits per heavy atom. The first kappa shape index (κ1) is 22.2. The Labute approximate surface area is 187 Å². The van der Waals surface area contributed by atoms with E-state index < -0.39 is 32.4 Å². The molecule has 2 aromatic carbocycles. The fraction of sp³-hybridized carbons (Fsp3) is 0.111. The molecule has 0 radical (unpaired) electrons. The van der Waals surface area contributed by atoms with Gasteiger partial charge in [-0.25, -0.2) is 0 Å². The molecule has 0 spiro atoms. The highest BCUT2D eigenvalue weighted by Crippen LogP contribution is 2.43. The maximum absolute atomic E-state index is 12.1. The average Bonchev–Trinajstić information content (AvgIpc) is 2.96. The molecule has 1 saturated heterocycles. The summed E-state index contributed by atoms with van der Waals surface area (Å²) in [5.74, 6) is -0.412. The number of ether oxygens (including phenoxy) is 2. The number of rotatable bonds is 6. The Balaban J connectivity index is 2.01. The molecule has 0 N–H and O–H groups in total. The lowest BCUT2D eigenvalue weighted by Crippen LogP contribution is -2.22. The van der Waals surface area contributed by atoms with Crippen molar-refractivity contribution in [2.45, 2.75) is 0 Å². The highest BCUT2D eigenvalue weighted by molar-refractivity contribution is 9.10. The minimum absolute atomic E-state index is 0.0835. The minimum Gasteiger partial charge on any atom is -0.493 e. The number of halogens is 1. The highest BCUT2D eigenvalue weighted by Gasteiger charge is 2.32. The zero-order valence-electron chi connectivity index (χ0n) is 15.9. The molecule has 11 nitrogen and oxygen atoms in total. The van der Waals surface area contributed by atoms with Crippen molar-refractivity contribution in [3.8, 4) is 17.2 Å². The maximum Gasteiger partial charge on any atom is 0.318 e. The Hall–Kier alpha value is -3.45. The lowest BCUT2D eigenvalue weighted by atomic mass is 10.1. The Bertz CT molecular complexity index is 1170. The van der Waals surface area contributed by atoms with E-state index in [0.29, 0.717) is 10.0 Å². The van der Waals surface area contributed by atoms with E-state index in [1.165, 1.54) is 26.3 Å². The van der Waals surface area contributed by atoms with Crippen LogP contribution in [-0.4, -0.2) is 40.1 Å². The predicted octanol–water partition coefficient (Wildman–Crippen LogP) is 4.73. The topological polar surface area (TPSA) is 142 Å². The number of hydrogen-bond donors (Lipinski definition) is 0. The third-order valence-electron chi connectivity index (χ3n) is 4.10. The molecule has 0 unspecified atom stereocenters. The fourth-order valence-electron chi connectivity index (χ4n) is 2.58. The summed E-state index contributed by atoms with van der Waals surface area (Å²) in [7, 11) is 2.73. The van der Waals surface area contributed by atoms with E-state index in [0.717, 1.165) is 34.9 Å². The van der Waals surface area contributed by atoms with Crippen LogP contribution in [0.5, 0.6) is 17.2 Å². The quantitative estimate of drug-likeness (QED) is 0.306. The van der Waals surface area contributed by atoms with Gasteiger partial charge in [-0.3, -0.25) is 34.7 Å². The van der Waals surface area contributed by atoms with Crippen molar-refractivity contribution in [1.82, 2.24) is 4.90 Å². The molecule has 160 valence electrons. The number of imide groups is 1. The van der Waals surface area contributed by atoms with Gasteiger partial charge in [0.05, 0.1) is 32.4 Å². The van der Waals surface area contributed by atoms with Crippen LogP contribution in [0.2, 0.25) is 0 Å². The molecule has 31 heavy (non-hydrogen) atoms. The molecule has 0 bridgehead atoms. The third kappa shape index (κ3) is 4.51. The second-order valence-corrected chi connectivity index (χ2v) is 7.89. The monoisotopic (exact) mass is 509 g/mol. The molecular weight excluding hydrogens is 498 g/mol. The van der Waals surface area contributed by atoms with E-state index in [9.17, 15) is 29.8 Å². The smallest absolute Gasteiger partial charge is 0.318 e. The van der Waals surface area contributed by atoms with Gasteiger partial charge in [-0.1, -0.05) is 0 Å². The molecule has 2 aromatic rings.